The zero-order valence-electron chi connectivity index (χ0n) is 7.68. The number of hydrogen-bond donors (Lipinski definition) is 2. The fraction of sp³-hybridized carbons (Fsp3) is 1.00. The van der Waals surface area contributed by atoms with Crippen LogP contribution in [0.5, 0.6) is 0 Å². The van der Waals surface area contributed by atoms with E-state index in [-0.39, 0.29) is 0 Å². The molecule has 2 nitrogen and oxygen atoms in total. The highest BCUT2D eigenvalue weighted by Gasteiger charge is 2.52. The highest BCUT2D eigenvalue weighted by atomic mass is 16.2. The summed E-state index contributed by atoms with van der Waals surface area (Å²) in [4.78, 5) is 0. The lowest BCUT2D eigenvalue weighted by Crippen LogP contribution is -2.29. The second-order valence-corrected chi connectivity index (χ2v) is 4.38. The van der Waals surface area contributed by atoms with Gasteiger partial charge in [0.05, 0.1) is 0 Å². The SMILES string of the molecule is OCCCC1CC12CCNCC2. The van der Waals surface area contributed by atoms with Gasteiger partial charge in [-0.15, -0.1) is 0 Å². The summed E-state index contributed by atoms with van der Waals surface area (Å²) in [5.74, 6) is 0.951. The molecule has 1 aliphatic heterocycles. The fourth-order valence-electron chi connectivity index (χ4n) is 2.71. The van der Waals surface area contributed by atoms with Gasteiger partial charge in [0, 0.05) is 6.61 Å². The third kappa shape index (κ3) is 1.50. The summed E-state index contributed by atoms with van der Waals surface area (Å²) in [6, 6.07) is 0. The Kier molecular flexibility index (Phi) is 2.37. The van der Waals surface area contributed by atoms with Gasteiger partial charge in [0.25, 0.3) is 0 Å². The molecule has 0 aromatic heterocycles. The van der Waals surface area contributed by atoms with Crippen molar-refractivity contribution in [2.24, 2.45) is 11.3 Å². The van der Waals surface area contributed by atoms with Crippen molar-refractivity contribution in [1.82, 2.24) is 5.32 Å². The predicted octanol–water partition coefficient (Wildman–Crippen LogP) is 1.15. The Morgan fingerprint density at radius 3 is 2.75 bits per heavy atom. The van der Waals surface area contributed by atoms with Crippen molar-refractivity contribution in [3.63, 3.8) is 0 Å². The summed E-state index contributed by atoms with van der Waals surface area (Å²) in [5, 5.41) is 12.1. The zero-order valence-corrected chi connectivity index (χ0v) is 7.68. The van der Waals surface area contributed by atoms with Crippen LogP contribution >= 0.6 is 0 Å². The smallest absolute Gasteiger partial charge is 0.0431 e. The third-order valence-corrected chi connectivity index (χ3v) is 3.67. The Morgan fingerprint density at radius 1 is 1.33 bits per heavy atom. The van der Waals surface area contributed by atoms with E-state index < -0.39 is 0 Å². The summed E-state index contributed by atoms with van der Waals surface area (Å²) >= 11 is 0. The van der Waals surface area contributed by atoms with Crippen LogP contribution in [-0.4, -0.2) is 24.8 Å². The lowest BCUT2D eigenvalue weighted by Gasteiger charge is -2.23. The van der Waals surface area contributed by atoms with Crippen LogP contribution < -0.4 is 5.32 Å². The Morgan fingerprint density at radius 2 is 2.08 bits per heavy atom. The van der Waals surface area contributed by atoms with Crippen LogP contribution in [0.25, 0.3) is 0 Å². The summed E-state index contributed by atoms with van der Waals surface area (Å²) < 4.78 is 0. The van der Waals surface area contributed by atoms with E-state index >= 15 is 0 Å². The maximum atomic E-state index is 8.72. The molecule has 0 amide bonds. The van der Waals surface area contributed by atoms with Crippen molar-refractivity contribution in [2.45, 2.75) is 32.1 Å². The normalized spacial score (nSPS) is 32.2. The van der Waals surface area contributed by atoms with Gasteiger partial charge in [0.1, 0.15) is 0 Å². The van der Waals surface area contributed by atoms with E-state index in [1.807, 2.05) is 0 Å². The topological polar surface area (TPSA) is 32.3 Å². The van der Waals surface area contributed by atoms with Crippen molar-refractivity contribution < 1.29 is 5.11 Å². The molecule has 1 atom stereocenters. The number of aliphatic hydroxyl groups excluding tert-OH is 1. The second-order valence-electron chi connectivity index (χ2n) is 4.38. The number of nitrogens with one attached hydrogen (secondary N) is 1. The third-order valence-electron chi connectivity index (χ3n) is 3.67. The molecule has 2 aliphatic rings. The first-order chi connectivity index (χ1) is 5.87. The monoisotopic (exact) mass is 169 g/mol. The molecule has 12 heavy (non-hydrogen) atoms. The van der Waals surface area contributed by atoms with E-state index in [4.69, 9.17) is 5.11 Å². The van der Waals surface area contributed by atoms with Crippen LogP contribution in [0, 0.1) is 11.3 Å². The molecule has 1 saturated heterocycles. The molecule has 1 saturated carbocycles. The average Bonchev–Trinajstić information content (AvgIpc) is 2.77. The van der Waals surface area contributed by atoms with Gasteiger partial charge in [-0.05, 0) is 56.5 Å². The van der Waals surface area contributed by atoms with Crippen LogP contribution in [0.4, 0.5) is 0 Å². The van der Waals surface area contributed by atoms with E-state index in [1.165, 1.54) is 38.8 Å². The Balaban J connectivity index is 1.75. The minimum absolute atomic E-state index is 0.380. The van der Waals surface area contributed by atoms with Crippen LogP contribution in [0.15, 0.2) is 0 Å². The van der Waals surface area contributed by atoms with E-state index in [9.17, 15) is 0 Å². The number of hydrogen-bond acceptors (Lipinski definition) is 2. The minimum Gasteiger partial charge on any atom is -0.396 e. The predicted molar refractivity (Wildman–Crippen MR) is 49.0 cm³/mol. The zero-order chi connectivity index (χ0) is 8.44. The van der Waals surface area contributed by atoms with E-state index in [0.29, 0.717) is 6.61 Å². The van der Waals surface area contributed by atoms with E-state index in [1.54, 1.807) is 0 Å². The van der Waals surface area contributed by atoms with Gasteiger partial charge < -0.3 is 10.4 Å². The molecule has 0 aromatic carbocycles. The Hall–Kier alpha value is -0.0800. The Bertz CT molecular complexity index is 150. The van der Waals surface area contributed by atoms with Gasteiger partial charge >= 0.3 is 0 Å². The van der Waals surface area contributed by atoms with Gasteiger partial charge in [-0.1, -0.05) is 0 Å². The summed E-state index contributed by atoms with van der Waals surface area (Å²) in [5.41, 5.74) is 0.723. The highest BCUT2D eigenvalue weighted by Crippen LogP contribution is 2.60. The standard InChI is InChI=1S/C10H19NO/c12-7-1-2-9-8-10(9)3-5-11-6-4-10/h9,11-12H,1-8H2. The summed E-state index contributed by atoms with van der Waals surface area (Å²) in [7, 11) is 0. The van der Waals surface area contributed by atoms with Gasteiger partial charge in [-0.3, -0.25) is 0 Å². The molecular formula is C10H19NO. The molecule has 70 valence electrons. The minimum atomic E-state index is 0.380. The lowest BCUT2D eigenvalue weighted by molar-refractivity contribution is 0.266. The molecule has 2 heteroatoms. The molecule has 1 unspecified atom stereocenters. The molecule has 1 heterocycles. The van der Waals surface area contributed by atoms with Gasteiger partial charge in [0.2, 0.25) is 0 Å². The van der Waals surface area contributed by atoms with E-state index in [0.717, 1.165) is 17.8 Å². The molecular weight excluding hydrogens is 150 g/mol. The summed E-state index contributed by atoms with van der Waals surface area (Å²) in [6.45, 7) is 2.82. The summed E-state index contributed by atoms with van der Waals surface area (Å²) in [6.07, 6.45) is 6.47. The Labute approximate surface area is 74.4 Å². The van der Waals surface area contributed by atoms with Crippen molar-refractivity contribution >= 4 is 0 Å². The van der Waals surface area contributed by atoms with Crippen molar-refractivity contribution in [3.05, 3.63) is 0 Å². The molecule has 0 aromatic rings. The molecule has 0 radical (unpaired) electrons. The van der Waals surface area contributed by atoms with Gasteiger partial charge in [-0.25, -0.2) is 0 Å². The quantitative estimate of drug-likeness (QED) is 0.664. The first-order valence-corrected chi connectivity index (χ1v) is 5.19. The van der Waals surface area contributed by atoms with Gasteiger partial charge in [0.15, 0.2) is 0 Å². The van der Waals surface area contributed by atoms with Crippen molar-refractivity contribution in [1.29, 1.82) is 0 Å². The van der Waals surface area contributed by atoms with Crippen molar-refractivity contribution in [3.8, 4) is 0 Å². The largest absolute Gasteiger partial charge is 0.396 e. The van der Waals surface area contributed by atoms with Crippen LogP contribution in [0.3, 0.4) is 0 Å². The van der Waals surface area contributed by atoms with Crippen LogP contribution in [-0.2, 0) is 0 Å². The van der Waals surface area contributed by atoms with Crippen LogP contribution in [0.1, 0.15) is 32.1 Å². The number of aliphatic hydroxyl groups is 1. The molecule has 1 aliphatic carbocycles. The molecule has 2 fully saturated rings. The number of rotatable bonds is 3. The maximum Gasteiger partial charge on any atom is 0.0431 e. The molecule has 2 rings (SSSR count). The van der Waals surface area contributed by atoms with E-state index in [2.05, 4.69) is 5.32 Å². The highest BCUT2D eigenvalue weighted by molar-refractivity contribution is 5.03. The second kappa shape index (κ2) is 3.35. The van der Waals surface area contributed by atoms with Crippen molar-refractivity contribution in [2.75, 3.05) is 19.7 Å². The molecule has 2 N–H and O–H groups in total. The fourth-order valence-corrected chi connectivity index (χ4v) is 2.71. The van der Waals surface area contributed by atoms with Gasteiger partial charge in [-0.2, -0.15) is 0 Å². The van der Waals surface area contributed by atoms with Crippen LogP contribution in [0.2, 0.25) is 0 Å². The molecule has 0 bridgehead atoms. The number of piperidine rings is 1. The maximum absolute atomic E-state index is 8.72. The first-order valence-electron chi connectivity index (χ1n) is 5.19. The average molecular weight is 169 g/mol. The molecule has 1 spiro atoms. The lowest BCUT2D eigenvalue weighted by atomic mass is 9.91. The first kappa shape index (κ1) is 8.52.